The summed E-state index contributed by atoms with van der Waals surface area (Å²) in [4.78, 5) is 16.6. The summed E-state index contributed by atoms with van der Waals surface area (Å²) in [6.45, 7) is 2.18. The van der Waals surface area contributed by atoms with Gasteiger partial charge in [-0.25, -0.2) is 0 Å². The minimum Gasteiger partial charge on any atom is -0.329 e. The summed E-state index contributed by atoms with van der Waals surface area (Å²) in [5.74, 6) is 0.196. The number of likely N-dealkylation sites (N-methyl/N-ethyl adjacent to an activating group) is 1. The monoisotopic (exact) mass is 280 g/mol. The van der Waals surface area contributed by atoms with Crippen LogP contribution in [0.1, 0.15) is 17.2 Å². The zero-order chi connectivity index (χ0) is 14.7. The molecular weight excluding hydrogens is 260 g/mol. The van der Waals surface area contributed by atoms with Crippen LogP contribution in [0.4, 0.5) is 0 Å². The SMILES string of the molecule is CN1CCN(C(c2ccccc2)c2ccccc2)C(=O)C1. The molecule has 3 nitrogen and oxygen atoms in total. The smallest absolute Gasteiger partial charge is 0.237 e. The normalized spacial score (nSPS) is 16.5. The highest BCUT2D eigenvalue weighted by Crippen LogP contribution is 2.29. The van der Waals surface area contributed by atoms with Crippen molar-refractivity contribution in [1.29, 1.82) is 0 Å². The van der Waals surface area contributed by atoms with E-state index in [2.05, 4.69) is 29.2 Å². The Morgan fingerprint density at radius 3 is 1.86 bits per heavy atom. The third-order valence-corrected chi connectivity index (χ3v) is 3.99. The Bertz CT molecular complexity index is 558. The van der Waals surface area contributed by atoms with Crippen molar-refractivity contribution in [2.45, 2.75) is 6.04 Å². The Labute approximate surface area is 125 Å². The van der Waals surface area contributed by atoms with Gasteiger partial charge in [0.05, 0.1) is 12.6 Å². The van der Waals surface area contributed by atoms with Crippen molar-refractivity contribution in [3.63, 3.8) is 0 Å². The van der Waals surface area contributed by atoms with E-state index in [1.165, 1.54) is 11.1 Å². The van der Waals surface area contributed by atoms with Crippen LogP contribution in [0, 0.1) is 0 Å². The van der Waals surface area contributed by atoms with Crippen molar-refractivity contribution in [2.24, 2.45) is 0 Å². The topological polar surface area (TPSA) is 23.6 Å². The van der Waals surface area contributed by atoms with Crippen LogP contribution in [0.15, 0.2) is 60.7 Å². The van der Waals surface area contributed by atoms with E-state index in [1.54, 1.807) is 0 Å². The summed E-state index contributed by atoms with van der Waals surface area (Å²) in [6.07, 6.45) is 0. The second-order valence-corrected chi connectivity index (χ2v) is 5.55. The van der Waals surface area contributed by atoms with E-state index >= 15 is 0 Å². The zero-order valence-corrected chi connectivity index (χ0v) is 12.3. The number of carbonyl (C=O) groups excluding carboxylic acids is 1. The molecule has 1 fully saturated rings. The minimum absolute atomic E-state index is 0.00796. The second kappa shape index (κ2) is 6.10. The molecular formula is C18H20N2O. The Morgan fingerprint density at radius 2 is 1.38 bits per heavy atom. The first-order valence-electron chi connectivity index (χ1n) is 7.33. The third-order valence-electron chi connectivity index (χ3n) is 3.99. The van der Waals surface area contributed by atoms with Crippen LogP contribution >= 0.6 is 0 Å². The lowest BCUT2D eigenvalue weighted by molar-refractivity contribution is -0.137. The van der Waals surface area contributed by atoms with Crippen LogP contribution < -0.4 is 0 Å². The standard InChI is InChI=1S/C18H20N2O/c1-19-12-13-20(17(21)14-19)18(15-8-4-2-5-9-15)16-10-6-3-7-11-16/h2-11,18H,12-14H2,1H3. The molecule has 1 saturated heterocycles. The summed E-state index contributed by atoms with van der Waals surface area (Å²) in [7, 11) is 2.00. The van der Waals surface area contributed by atoms with Gasteiger partial charge in [0, 0.05) is 13.1 Å². The predicted molar refractivity (Wildman–Crippen MR) is 83.9 cm³/mol. The first-order chi connectivity index (χ1) is 10.3. The first-order valence-corrected chi connectivity index (χ1v) is 7.33. The number of rotatable bonds is 3. The molecule has 2 aromatic rings. The van der Waals surface area contributed by atoms with E-state index in [0.717, 1.165) is 13.1 Å². The Kier molecular flexibility index (Phi) is 4.02. The molecule has 1 aliphatic heterocycles. The molecule has 0 bridgehead atoms. The molecule has 108 valence electrons. The van der Waals surface area contributed by atoms with Crippen molar-refractivity contribution < 1.29 is 4.79 Å². The predicted octanol–water partition coefficient (Wildman–Crippen LogP) is 2.55. The molecule has 0 unspecified atom stereocenters. The quantitative estimate of drug-likeness (QED) is 0.862. The number of carbonyl (C=O) groups is 1. The zero-order valence-electron chi connectivity index (χ0n) is 12.3. The number of amides is 1. The number of hydrogen-bond donors (Lipinski definition) is 0. The van der Waals surface area contributed by atoms with Crippen molar-refractivity contribution in [2.75, 3.05) is 26.7 Å². The number of hydrogen-bond acceptors (Lipinski definition) is 2. The number of piperazine rings is 1. The number of benzene rings is 2. The highest BCUT2D eigenvalue weighted by Gasteiger charge is 2.30. The van der Waals surface area contributed by atoms with Crippen LogP contribution in [0.5, 0.6) is 0 Å². The van der Waals surface area contributed by atoms with E-state index in [0.29, 0.717) is 6.54 Å². The molecule has 3 heteroatoms. The molecule has 21 heavy (non-hydrogen) atoms. The van der Waals surface area contributed by atoms with Gasteiger partial charge in [0.2, 0.25) is 5.91 Å². The fraction of sp³-hybridized carbons (Fsp3) is 0.278. The fourth-order valence-corrected chi connectivity index (χ4v) is 2.90. The molecule has 1 amide bonds. The second-order valence-electron chi connectivity index (χ2n) is 5.55. The van der Waals surface area contributed by atoms with Crippen LogP contribution in [0.2, 0.25) is 0 Å². The molecule has 3 rings (SSSR count). The molecule has 2 aromatic carbocycles. The van der Waals surface area contributed by atoms with E-state index in [-0.39, 0.29) is 11.9 Å². The maximum absolute atomic E-state index is 12.5. The van der Waals surface area contributed by atoms with Crippen LogP contribution in [0.3, 0.4) is 0 Å². The van der Waals surface area contributed by atoms with E-state index in [1.807, 2.05) is 48.3 Å². The van der Waals surface area contributed by atoms with Gasteiger partial charge in [0.1, 0.15) is 0 Å². The lowest BCUT2D eigenvalue weighted by Crippen LogP contribution is -2.50. The van der Waals surface area contributed by atoms with Crippen molar-refractivity contribution in [1.82, 2.24) is 9.80 Å². The van der Waals surface area contributed by atoms with Gasteiger partial charge in [0.15, 0.2) is 0 Å². The largest absolute Gasteiger partial charge is 0.329 e. The fourth-order valence-electron chi connectivity index (χ4n) is 2.90. The van der Waals surface area contributed by atoms with Gasteiger partial charge < -0.3 is 4.90 Å². The highest BCUT2D eigenvalue weighted by atomic mass is 16.2. The lowest BCUT2D eigenvalue weighted by Gasteiger charge is -2.38. The lowest BCUT2D eigenvalue weighted by atomic mass is 9.96. The number of nitrogens with zero attached hydrogens (tertiary/aromatic N) is 2. The van der Waals surface area contributed by atoms with Gasteiger partial charge in [-0.15, -0.1) is 0 Å². The summed E-state index contributed by atoms with van der Waals surface area (Å²) >= 11 is 0. The van der Waals surface area contributed by atoms with Crippen LogP contribution in [-0.2, 0) is 4.79 Å². The van der Waals surface area contributed by atoms with E-state index < -0.39 is 0 Å². The molecule has 0 atom stereocenters. The van der Waals surface area contributed by atoms with Gasteiger partial charge in [0.25, 0.3) is 0 Å². The molecule has 1 aliphatic rings. The summed E-state index contributed by atoms with van der Waals surface area (Å²) < 4.78 is 0. The van der Waals surface area contributed by atoms with Gasteiger partial charge in [-0.1, -0.05) is 60.7 Å². The summed E-state index contributed by atoms with van der Waals surface area (Å²) in [6, 6.07) is 20.6. The Morgan fingerprint density at radius 1 is 0.857 bits per heavy atom. The Balaban J connectivity index is 1.99. The van der Waals surface area contributed by atoms with Crippen molar-refractivity contribution in [3.05, 3.63) is 71.8 Å². The average Bonchev–Trinajstić information content (AvgIpc) is 2.52. The van der Waals surface area contributed by atoms with Crippen molar-refractivity contribution in [3.8, 4) is 0 Å². The Hall–Kier alpha value is -2.13. The van der Waals surface area contributed by atoms with E-state index in [4.69, 9.17) is 0 Å². The van der Waals surface area contributed by atoms with Gasteiger partial charge >= 0.3 is 0 Å². The minimum atomic E-state index is 0.00796. The molecule has 0 N–H and O–H groups in total. The van der Waals surface area contributed by atoms with Gasteiger partial charge in [-0.05, 0) is 18.2 Å². The van der Waals surface area contributed by atoms with E-state index in [9.17, 15) is 4.79 Å². The first kappa shape index (κ1) is 13.8. The molecule has 0 spiro atoms. The average molecular weight is 280 g/mol. The maximum Gasteiger partial charge on any atom is 0.237 e. The summed E-state index contributed by atoms with van der Waals surface area (Å²) in [5.41, 5.74) is 2.34. The van der Waals surface area contributed by atoms with Crippen molar-refractivity contribution >= 4 is 5.91 Å². The van der Waals surface area contributed by atoms with Gasteiger partial charge in [-0.3, -0.25) is 9.69 Å². The molecule has 1 heterocycles. The maximum atomic E-state index is 12.5. The highest BCUT2D eigenvalue weighted by molar-refractivity contribution is 5.80. The molecule has 0 radical (unpaired) electrons. The summed E-state index contributed by atoms with van der Waals surface area (Å²) in [5, 5.41) is 0. The van der Waals surface area contributed by atoms with Crippen LogP contribution in [0.25, 0.3) is 0 Å². The molecule has 0 aliphatic carbocycles. The third kappa shape index (κ3) is 2.98. The van der Waals surface area contributed by atoms with Crippen LogP contribution in [-0.4, -0.2) is 42.4 Å². The molecule has 0 aromatic heterocycles. The molecule has 0 saturated carbocycles. The van der Waals surface area contributed by atoms with Gasteiger partial charge in [-0.2, -0.15) is 0 Å².